The molecule has 61 heavy (non-hydrogen) atoms. The third-order valence-electron chi connectivity index (χ3n) is 11.8. The highest BCUT2D eigenvalue weighted by Gasteiger charge is 2.38. The average Bonchev–Trinajstić information content (AvgIpc) is 4.11. The van der Waals surface area contributed by atoms with E-state index in [1.807, 2.05) is 18.2 Å². The summed E-state index contributed by atoms with van der Waals surface area (Å²) in [5.41, 5.74) is 7.48. The van der Waals surface area contributed by atoms with Crippen LogP contribution in [0, 0.1) is 0 Å². The molecule has 0 radical (unpaired) electrons. The Balaban J connectivity index is 0.984. The van der Waals surface area contributed by atoms with Crippen LogP contribution in [0.1, 0.15) is 62.3 Å². The lowest BCUT2D eigenvalue weighted by Gasteiger charge is -2.28. The molecular formula is C45H50N8O8. The molecule has 5 N–H and O–H groups in total. The molecule has 16 heteroatoms. The highest BCUT2D eigenvalue weighted by molar-refractivity contribution is 5.93. The number of imidazole rings is 2. The van der Waals surface area contributed by atoms with E-state index in [4.69, 9.17) is 24.2 Å². The van der Waals surface area contributed by atoms with Crippen LogP contribution >= 0.6 is 0 Å². The van der Waals surface area contributed by atoms with Crippen LogP contribution < -0.4 is 10.6 Å². The van der Waals surface area contributed by atoms with Gasteiger partial charge in [0.15, 0.2) is 0 Å². The van der Waals surface area contributed by atoms with Gasteiger partial charge in [-0.2, -0.15) is 0 Å². The van der Waals surface area contributed by atoms with Crippen molar-refractivity contribution in [1.82, 2.24) is 40.4 Å². The van der Waals surface area contributed by atoms with E-state index in [1.165, 1.54) is 14.2 Å². The number of likely N-dealkylation sites (tertiary alicyclic amines) is 2. The molecule has 318 valence electrons. The largest absolute Gasteiger partial charge is 0.465 e. The fraction of sp³-hybridized carbons (Fsp3) is 0.378. The third-order valence-corrected chi connectivity index (χ3v) is 11.8. The molecule has 2 aromatic heterocycles. The normalized spacial score (nSPS) is 17.6. The lowest BCUT2D eigenvalue weighted by Crippen LogP contribution is -2.49. The summed E-state index contributed by atoms with van der Waals surface area (Å²) in [6.07, 6.45) is 1.75. The van der Waals surface area contributed by atoms with Gasteiger partial charge in [0.1, 0.15) is 23.7 Å². The van der Waals surface area contributed by atoms with Crippen molar-refractivity contribution >= 4 is 56.8 Å². The number of carboxylic acid groups (broad SMARTS) is 1. The highest BCUT2D eigenvalue weighted by atomic mass is 16.5. The summed E-state index contributed by atoms with van der Waals surface area (Å²) in [6, 6.07) is 22.8. The number of aromatic nitrogens is 4. The SMILES string of the molecule is COCCC(NC(=O)O)C(=O)N1CCC[C@H]1c1nc2ccc(-c3ccc4cc(-c5ccc6nc([C@@H]7CCCN7C(=O)C(CCOC)NC(=O)OC)[nH]c6c5)ccc4c3)cc2[nH]1. The Morgan fingerprint density at radius 3 is 1.56 bits per heavy atom. The first kappa shape index (κ1) is 41.2. The molecule has 0 bridgehead atoms. The summed E-state index contributed by atoms with van der Waals surface area (Å²) in [6.45, 7) is 1.65. The van der Waals surface area contributed by atoms with E-state index in [9.17, 15) is 24.3 Å². The Bertz CT molecular complexity index is 2590. The first-order valence-electron chi connectivity index (χ1n) is 20.6. The van der Waals surface area contributed by atoms with Crippen molar-refractivity contribution in [2.75, 3.05) is 47.6 Å². The predicted molar refractivity (Wildman–Crippen MR) is 229 cm³/mol. The summed E-state index contributed by atoms with van der Waals surface area (Å²) < 4.78 is 15.1. The molecule has 2 aliphatic rings. The van der Waals surface area contributed by atoms with Crippen LogP contribution in [0.3, 0.4) is 0 Å². The number of fused-ring (bicyclic) bond motifs is 3. The topological polar surface area (TPSA) is 204 Å². The van der Waals surface area contributed by atoms with Gasteiger partial charge < -0.3 is 49.7 Å². The Kier molecular flexibility index (Phi) is 12.2. The number of aromatic amines is 2. The fourth-order valence-corrected chi connectivity index (χ4v) is 8.70. The molecule has 4 amide bonds. The second kappa shape index (κ2) is 18.0. The van der Waals surface area contributed by atoms with Crippen molar-refractivity contribution in [2.24, 2.45) is 0 Å². The average molecular weight is 831 g/mol. The summed E-state index contributed by atoms with van der Waals surface area (Å²) >= 11 is 0. The quantitative estimate of drug-likeness (QED) is 0.0787. The zero-order valence-electron chi connectivity index (χ0n) is 34.4. The second-order valence-corrected chi connectivity index (χ2v) is 15.6. The van der Waals surface area contributed by atoms with Gasteiger partial charge in [-0.3, -0.25) is 9.59 Å². The number of hydrogen-bond donors (Lipinski definition) is 5. The second-order valence-electron chi connectivity index (χ2n) is 15.6. The molecule has 4 atom stereocenters. The van der Waals surface area contributed by atoms with E-state index in [2.05, 4.69) is 75.2 Å². The maximum Gasteiger partial charge on any atom is 0.407 e. The number of amides is 4. The van der Waals surface area contributed by atoms with E-state index < -0.39 is 24.3 Å². The number of hydrogen-bond acceptors (Lipinski definition) is 9. The van der Waals surface area contributed by atoms with Crippen LogP contribution in [0.4, 0.5) is 9.59 Å². The van der Waals surface area contributed by atoms with Crippen molar-refractivity contribution < 1.29 is 38.5 Å². The molecule has 4 aromatic carbocycles. The number of carbonyl (C=O) groups is 4. The van der Waals surface area contributed by atoms with Crippen LogP contribution in [0.25, 0.3) is 55.1 Å². The van der Waals surface area contributed by atoms with Crippen molar-refractivity contribution in [3.05, 3.63) is 84.4 Å². The number of nitrogens with one attached hydrogen (secondary N) is 4. The van der Waals surface area contributed by atoms with Gasteiger partial charge >= 0.3 is 12.2 Å². The highest BCUT2D eigenvalue weighted by Crippen LogP contribution is 2.36. The third kappa shape index (κ3) is 8.72. The Morgan fingerprint density at radius 2 is 1.11 bits per heavy atom. The predicted octanol–water partition coefficient (Wildman–Crippen LogP) is 6.69. The first-order valence-corrected chi connectivity index (χ1v) is 20.6. The van der Waals surface area contributed by atoms with Crippen LogP contribution in [0.5, 0.6) is 0 Å². The molecule has 4 heterocycles. The van der Waals surface area contributed by atoms with Crippen molar-refractivity contribution in [2.45, 2.75) is 62.7 Å². The number of H-pyrrole nitrogens is 2. The standard InChI is InChI=1S/C45H50N8O8/c1-59-20-16-34(50-44(56)57)42(54)52-18-4-6-38(52)40-46-32-14-12-30(24-36(32)48-40)28-10-8-27-23-29(11-9-26(27)22-28)31-13-15-33-37(25-31)49-41(47-33)39-7-5-19-53(39)43(55)35(17-21-60-2)51-45(58)61-3/h8-15,22-25,34-35,38-39,50H,4-7,16-21H2,1-3H3,(H,46,48)(H,47,49)(H,51,58)(H,56,57)/t34?,35?,38-,39-/m0/s1. The number of carbonyl (C=O) groups excluding carboxylic acids is 3. The molecule has 0 saturated carbocycles. The van der Waals surface area contributed by atoms with E-state index >= 15 is 0 Å². The summed E-state index contributed by atoms with van der Waals surface area (Å²) in [4.78, 5) is 70.9. The van der Waals surface area contributed by atoms with E-state index in [0.717, 1.165) is 80.8 Å². The van der Waals surface area contributed by atoms with Gasteiger partial charge in [-0.1, -0.05) is 36.4 Å². The Labute approximate surface area is 352 Å². The van der Waals surface area contributed by atoms with E-state index in [1.54, 1.807) is 16.9 Å². The van der Waals surface area contributed by atoms with Gasteiger partial charge in [0.05, 0.1) is 41.3 Å². The van der Waals surface area contributed by atoms with Crippen LogP contribution in [-0.2, 0) is 23.8 Å². The van der Waals surface area contributed by atoms with Crippen molar-refractivity contribution in [1.29, 1.82) is 0 Å². The Morgan fingerprint density at radius 1 is 0.672 bits per heavy atom. The zero-order valence-corrected chi connectivity index (χ0v) is 34.4. The molecule has 2 saturated heterocycles. The van der Waals surface area contributed by atoms with Crippen molar-refractivity contribution in [3.8, 4) is 22.3 Å². The summed E-state index contributed by atoms with van der Waals surface area (Å²) in [5, 5.41) is 16.6. The summed E-state index contributed by atoms with van der Waals surface area (Å²) in [5.74, 6) is 0.927. The molecule has 0 spiro atoms. The number of benzene rings is 4. The zero-order chi connectivity index (χ0) is 42.6. The number of nitrogens with zero attached hydrogens (tertiary/aromatic N) is 4. The van der Waals surface area contributed by atoms with Gasteiger partial charge in [0, 0.05) is 53.4 Å². The smallest absolute Gasteiger partial charge is 0.407 e. The van der Waals surface area contributed by atoms with Gasteiger partial charge in [-0.15, -0.1) is 0 Å². The number of rotatable bonds is 14. The molecule has 6 aromatic rings. The van der Waals surface area contributed by atoms with Gasteiger partial charge in [-0.05, 0) is 95.1 Å². The minimum Gasteiger partial charge on any atom is -0.465 e. The van der Waals surface area contributed by atoms with Gasteiger partial charge in [0.2, 0.25) is 11.8 Å². The maximum absolute atomic E-state index is 13.7. The first-order chi connectivity index (χ1) is 29.6. The molecule has 2 unspecified atom stereocenters. The number of methoxy groups -OCH3 is 3. The Hall–Kier alpha value is -6.52. The van der Waals surface area contributed by atoms with Crippen LogP contribution in [0.2, 0.25) is 0 Å². The van der Waals surface area contributed by atoms with E-state index in [-0.39, 0.29) is 36.9 Å². The lowest BCUT2D eigenvalue weighted by atomic mass is 9.97. The molecule has 8 rings (SSSR count). The molecule has 0 aliphatic carbocycles. The minimum atomic E-state index is -1.25. The van der Waals surface area contributed by atoms with Crippen LogP contribution in [-0.4, -0.2) is 119 Å². The molecular weight excluding hydrogens is 781 g/mol. The number of alkyl carbamates (subject to hydrolysis) is 1. The fourth-order valence-electron chi connectivity index (χ4n) is 8.70. The van der Waals surface area contributed by atoms with Crippen LogP contribution in [0.15, 0.2) is 72.8 Å². The maximum atomic E-state index is 13.7. The lowest BCUT2D eigenvalue weighted by molar-refractivity contribution is -0.135. The van der Waals surface area contributed by atoms with Gasteiger partial charge in [0.25, 0.3) is 0 Å². The monoisotopic (exact) mass is 830 g/mol. The molecule has 16 nitrogen and oxygen atoms in total. The van der Waals surface area contributed by atoms with Gasteiger partial charge in [-0.25, -0.2) is 19.6 Å². The summed E-state index contributed by atoms with van der Waals surface area (Å²) in [7, 11) is 4.35. The molecule has 2 fully saturated rings. The number of ether oxygens (including phenoxy) is 3. The van der Waals surface area contributed by atoms with E-state index in [0.29, 0.717) is 37.8 Å². The van der Waals surface area contributed by atoms with Crippen molar-refractivity contribution in [3.63, 3.8) is 0 Å². The molecule has 2 aliphatic heterocycles. The minimum absolute atomic E-state index is 0.190.